The Kier molecular flexibility index (Phi) is 2.77. The molecule has 1 aliphatic carbocycles. The Bertz CT molecular complexity index is 474. The summed E-state index contributed by atoms with van der Waals surface area (Å²) in [6.07, 6.45) is 6.27. The number of nitrogens with one attached hydrogen (secondary N) is 2. The van der Waals surface area contributed by atoms with Crippen molar-refractivity contribution in [3.05, 3.63) is 47.2 Å². The summed E-state index contributed by atoms with van der Waals surface area (Å²) in [5.74, 6) is 0.728. The second kappa shape index (κ2) is 4.41. The Hall–Kier alpha value is -1.48. The van der Waals surface area contributed by atoms with Crippen molar-refractivity contribution < 1.29 is 0 Å². The number of H-pyrrole nitrogens is 1. The van der Waals surface area contributed by atoms with Crippen LogP contribution in [-0.2, 0) is 0 Å². The topological polar surface area (TPSA) is 40.7 Å². The van der Waals surface area contributed by atoms with Crippen LogP contribution in [0.3, 0.4) is 0 Å². The molecule has 0 aliphatic heterocycles. The number of anilines is 1. The second-order valence-electron chi connectivity index (χ2n) is 4.50. The molecule has 17 heavy (non-hydrogen) atoms. The molecule has 1 saturated carbocycles. The third-order valence-corrected chi connectivity index (χ3v) is 3.39. The van der Waals surface area contributed by atoms with Crippen LogP contribution in [0.4, 0.5) is 5.69 Å². The van der Waals surface area contributed by atoms with E-state index in [1.54, 1.807) is 0 Å². The standard InChI is InChI=1S/C13H14ClN3/c14-11-5-3-10(4-6-11)13(9-1-2-9)17-12-7-15-16-8-12/h3-9,13,17H,1-2H2,(H,15,16). The molecule has 2 N–H and O–H groups in total. The molecule has 0 bridgehead atoms. The smallest absolute Gasteiger partial charge is 0.0728 e. The monoisotopic (exact) mass is 247 g/mol. The first-order valence-electron chi connectivity index (χ1n) is 5.84. The summed E-state index contributed by atoms with van der Waals surface area (Å²) in [6.45, 7) is 0. The third kappa shape index (κ3) is 2.44. The number of rotatable bonds is 4. The lowest BCUT2D eigenvalue weighted by Crippen LogP contribution is -2.12. The molecule has 0 radical (unpaired) electrons. The van der Waals surface area contributed by atoms with Gasteiger partial charge in [-0.1, -0.05) is 23.7 Å². The number of halogens is 1. The number of benzene rings is 1. The molecular formula is C13H14ClN3. The van der Waals surface area contributed by atoms with Crippen LogP contribution in [0.1, 0.15) is 24.4 Å². The molecule has 1 fully saturated rings. The van der Waals surface area contributed by atoms with Crippen LogP contribution >= 0.6 is 11.6 Å². The largest absolute Gasteiger partial charge is 0.375 e. The van der Waals surface area contributed by atoms with Gasteiger partial charge in [0.25, 0.3) is 0 Å². The van der Waals surface area contributed by atoms with Gasteiger partial charge in [0, 0.05) is 11.2 Å². The van der Waals surface area contributed by atoms with E-state index in [1.165, 1.54) is 18.4 Å². The molecule has 1 aromatic heterocycles. The van der Waals surface area contributed by atoms with E-state index in [-0.39, 0.29) is 0 Å². The van der Waals surface area contributed by atoms with E-state index in [4.69, 9.17) is 11.6 Å². The van der Waals surface area contributed by atoms with E-state index < -0.39 is 0 Å². The van der Waals surface area contributed by atoms with E-state index in [2.05, 4.69) is 27.6 Å². The van der Waals surface area contributed by atoms with Crippen molar-refractivity contribution in [1.29, 1.82) is 0 Å². The van der Waals surface area contributed by atoms with Crippen LogP contribution < -0.4 is 5.32 Å². The third-order valence-electron chi connectivity index (χ3n) is 3.14. The van der Waals surface area contributed by atoms with Gasteiger partial charge in [0.2, 0.25) is 0 Å². The number of hydrogen-bond acceptors (Lipinski definition) is 2. The summed E-state index contributed by atoms with van der Waals surface area (Å²) in [4.78, 5) is 0. The molecule has 1 atom stereocenters. The highest BCUT2D eigenvalue weighted by atomic mass is 35.5. The number of nitrogens with zero attached hydrogens (tertiary/aromatic N) is 1. The van der Waals surface area contributed by atoms with Gasteiger partial charge in [-0.2, -0.15) is 5.10 Å². The molecule has 3 rings (SSSR count). The van der Waals surface area contributed by atoms with Gasteiger partial charge < -0.3 is 5.32 Å². The van der Waals surface area contributed by atoms with Crippen molar-refractivity contribution >= 4 is 17.3 Å². The van der Waals surface area contributed by atoms with Crippen molar-refractivity contribution in [2.75, 3.05) is 5.32 Å². The number of aromatic amines is 1. The average Bonchev–Trinajstić information content (AvgIpc) is 3.05. The summed E-state index contributed by atoms with van der Waals surface area (Å²) in [5.41, 5.74) is 2.33. The maximum atomic E-state index is 5.92. The minimum atomic E-state index is 0.366. The Morgan fingerprint density at radius 2 is 2.06 bits per heavy atom. The van der Waals surface area contributed by atoms with E-state index in [1.807, 2.05) is 24.5 Å². The molecule has 0 amide bonds. The number of aromatic nitrogens is 2. The molecule has 1 unspecified atom stereocenters. The van der Waals surface area contributed by atoms with Crippen molar-refractivity contribution in [2.45, 2.75) is 18.9 Å². The fraction of sp³-hybridized carbons (Fsp3) is 0.308. The Labute approximate surface area is 105 Å². The molecule has 1 aliphatic rings. The van der Waals surface area contributed by atoms with E-state index in [0.29, 0.717) is 6.04 Å². The van der Waals surface area contributed by atoms with Gasteiger partial charge >= 0.3 is 0 Å². The summed E-state index contributed by atoms with van der Waals surface area (Å²) in [7, 11) is 0. The van der Waals surface area contributed by atoms with E-state index in [9.17, 15) is 0 Å². The molecule has 0 spiro atoms. The number of hydrogen-bond donors (Lipinski definition) is 2. The highest BCUT2D eigenvalue weighted by Crippen LogP contribution is 2.42. The minimum absolute atomic E-state index is 0.366. The van der Waals surface area contributed by atoms with Crippen LogP contribution in [0, 0.1) is 5.92 Å². The Morgan fingerprint density at radius 1 is 1.29 bits per heavy atom. The molecule has 1 heterocycles. The first kappa shape index (κ1) is 10.7. The predicted octanol–water partition coefficient (Wildman–Crippen LogP) is 3.63. The fourth-order valence-electron chi connectivity index (χ4n) is 2.08. The maximum absolute atomic E-state index is 5.92. The molecule has 4 heteroatoms. The van der Waals surface area contributed by atoms with Gasteiger partial charge in [-0.25, -0.2) is 0 Å². The summed E-state index contributed by atoms with van der Waals surface area (Å²) in [6, 6.07) is 8.45. The minimum Gasteiger partial charge on any atom is -0.375 e. The first-order valence-corrected chi connectivity index (χ1v) is 6.21. The van der Waals surface area contributed by atoms with Crippen LogP contribution in [0.15, 0.2) is 36.7 Å². The molecule has 88 valence electrons. The summed E-state index contributed by atoms with van der Waals surface area (Å²) in [5, 5.41) is 11.1. The van der Waals surface area contributed by atoms with Gasteiger partial charge in [0.15, 0.2) is 0 Å². The zero-order valence-electron chi connectivity index (χ0n) is 9.36. The molecule has 1 aromatic carbocycles. The second-order valence-corrected chi connectivity index (χ2v) is 4.93. The van der Waals surface area contributed by atoms with Crippen LogP contribution in [0.25, 0.3) is 0 Å². The predicted molar refractivity (Wildman–Crippen MR) is 69.1 cm³/mol. The highest BCUT2D eigenvalue weighted by molar-refractivity contribution is 6.30. The molecular weight excluding hydrogens is 234 g/mol. The SMILES string of the molecule is Clc1ccc(C(Nc2cn[nH]c2)C2CC2)cc1. The maximum Gasteiger partial charge on any atom is 0.0728 e. The van der Waals surface area contributed by atoms with Crippen molar-refractivity contribution in [3.8, 4) is 0 Å². The lowest BCUT2D eigenvalue weighted by atomic mass is 10.0. The normalized spacial score (nSPS) is 16.8. The summed E-state index contributed by atoms with van der Waals surface area (Å²) >= 11 is 5.92. The van der Waals surface area contributed by atoms with E-state index >= 15 is 0 Å². The first-order chi connectivity index (χ1) is 8.33. The van der Waals surface area contributed by atoms with Crippen molar-refractivity contribution in [2.24, 2.45) is 5.92 Å². The van der Waals surface area contributed by atoms with E-state index in [0.717, 1.165) is 16.6 Å². The highest BCUT2D eigenvalue weighted by Gasteiger charge is 2.32. The van der Waals surface area contributed by atoms with Gasteiger partial charge in [-0.15, -0.1) is 0 Å². The van der Waals surface area contributed by atoms with Crippen molar-refractivity contribution in [1.82, 2.24) is 10.2 Å². The summed E-state index contributed by atoms with van der Waals surface area (Å²) < 4.78 is 0. The zero-order chi connectivity index (χ0) is 11.7. The Balaban J connectivity index is 1.82. The van der Waals surface area contributed by atoms with Crippen LogP contribution in [0.5, 0.6) is 0 Å². The van der Waals surface area contributed by atoms with Gasteiger partial charge in [0.1, 0.15) is 0 Å². The lowest BCUT2D eigenvalue weighted by molar-refractivity contribution is 0.679. The van der Waals surface area contributed by atoms with Crippen LogP contribution in [0.2, 0.25) is 5.02 Å². The van der Waals surface area contributed by atoms with Gasteiger partial charge in [-0.05, 0) is 36.5 Å². The lowest BCUT2D eigenvalue weighted by Gasteiger charge is -2.18. The molecule has 3 nitrogen and oxygen atoms in total. The van der Waals surface area contributed by atoms with Crippen LogP contribution in [-0.4, -0.2) is 10.2 Å². The molecule has 2 aromatic rings. The quantitative estimate of drug-likeness (QED) is 0.866. The zero-order valence-corrected chi connectivity index (χ0v) is 10.1. The van der Waals surface area contributed by atoms with Gasteiger partial charge in [-0.3, -0.25) is 5.10 Å². The fourth-order valence-corrected chi connectivity index (χ4v) is 2.21. The van der Waals surface area contributed by atoms with Gasteiger partial charge in [0.05, 0.1) is 17.9 Å². The average molecular weight is 248 g/mol. The Morgan fingerprint density at radius 3 is 2.65 bits per heavy atom. The molecule has 0 saturated heterocycles. The van der Waals surface area contributed by atoms with Crippen molar-refractivity contribution in [3.63, 3.8) is 0 Å².